The number of amides is 2. The summed E-state index contributed by atoms with van der Waals surface area (Å²) < 4.78 is 12.1. The molecule has 1 atom stereocenters. The molecule has 218 valence electrons. The van der Waals surface area contributed by atoms with Crippen molar-refractivity contribution in [3.63, 3.8) is 0 Å². The van der Waals surface area contributed by atoms with Crippen LogP contribution in [0.25, 0.3) is 11.1 Å². The van der Waals surface area contributed by atoms with E-state index in [2.05, 4.69) is 54.2 Å². The number of imidazole rings is 1. The van der Waals surface area contributed by atoms with E-state index in [1.165, 1.54) is 14.2 Å². The second-order valence-corrected chi connectivity index (χ2v) is 17.2. The van der Waals surface area contributed by atoms with Crippen molar-refractivity contribution in [2.75, 3.05) is 20.8 Å². The predicted molar refractivity (Wildman–Crippen MR) is 160 cm³/mol. The van der Waals surface area contributed by atoms with Crippen LogP contribution in [0.2, 0.25) is 25.7 Å². The number of nitrogens with zero attached hydrogens (tertiary/aromatic N) is 3. The van der Waals surface area contributed by atoms with Crippen molar-refractivity contribution in [1.82, 2.24) is 19.8 Å². The maximum Gasteiger partial charge on any atom is 0.410 e. The molecule has 0 aliphatic heterocycles. The van der Waals surface area contributed by atoms with Crippen molar-refractivity contribution in [2.45, 2.75) is 63.6 Å². The highest BCUT2D eigenvalue weighted by Crippen LogP contribution is 2.46. The Kier molecular flexibility index (Phi) is 9.64. The Morgan fingerprint density at radius 2 is 1.63 bits per heavy atom. The minimum absolute atomic E-state index is 0.153. The summed E-state index contributed by atoms with van der Waals surface area (Å²) in [5.74, 6) is -0.646. The van der Waals surface area contributed by atoms with Crippen LogP contribution in [0.3, 0.4) is 0 Å². The van der Waals surface area contributed by atoms with E-state index in [0.717, 1.165) is 28.3 Å². The van der Waals surface area contributed by atoms with Gasteiger partial charge < -0.3 is 19.4 Å². The average Bonchev–Trinajstić information content (AvgIpc) is 3.55. The molecule has 2 amide bonds. The van der Waals surface area contributed by atoms with Crippen molar-refractivity contribution >= 4 is 26.0 Å². The molecule has 0 saturated carbocycles. The van der Waals surface area contributed by atoms with Crippen LogP contribution in [0, 0.1) is 0 Å². The molecule has 10 heteroatoms. The molecule has 1 heterocycles. The van der Waals surface area contributed by atoms with E-state index in [-0.39, 0.29) is 24.5 Å². The third-order valence-corrected chi connectivity index (χ3v) is 9.11. The van der Waals surface area contributed by atoms with E-state index < -0.39 is 20.1 Å². The van der Waals surface area contributed by atoms with Gasteiger partial charge in [-0.15, -0.1) is 0 Å². The van der Waals surface area contributed by atoms with E-state index in [1.807, 2.05) is 35.0 Å². The molecule has 0 radical (unpaired) electrons. The van der Waals surface area contributed by atoms with E-state index >= 15 is 0 Å². The number of hydrogen-bond acceptors (Lipinski definition) is 6. The first-order valence-electron chi connectivity index (χ1n) is 14.0. The van der Waals surface area contributed by atoms with Gasteiger partial charge in [0.2, 0.25) is 5.91 Å². The maximum absolute atomic E-state index is 13.0. The number of aryl methyl sites for hydroxylation is 1. The molecule has 3 aromatic rings. The first kappa shape index (κ1) is 30.0. The smallest absolute Gasteiger partial charge is 0.410 e. The number of carbonyl (C=O) groups is 3. The lowest BCUT2D eigenvalue weighted by Gasteiger charge is -2.29. The third-order valence-electron chi connectivity index (χ3n) is 7.36. The number of hydrogen-bond donors (Lipinski definition) is 1. The zero-order chi connectivity index (χ0) is 29.6. The highest BCUT2D eigenvalue weighted by molar-refractivity contribution is 6.76. The van der Waals surface area contributed by atoms with Gasteiger partial charge in [-0.1, -0.05) is 68.2 Å². The molecular formula is C31H40N4O5Si. The molecule has 2 aromatic carbocycles. The Balaban J connectivity index is 1.40. The Morgan fingerprint density at radius 1 is 1.00 bits per heavy atom. The lowest BCUT2D eigenvalue weighted by molar-refractivity contribution is -0.145. The van der Waals surface area contributed by atoms with Gasteiger partial charge in [0, 0.05) is 40.2 Å². The molecule has 9 nitrogen and oxygen atoms in total. The van der Waals surface area contributed by atoms with Crippen molar-refractivity contribution in [1.29, 1.82) is 0 Å². The van der Waals surface area contributed by atoms with Gasteiger partial charge in [-0.2, -0.15) is 0 Å². The van der Waals surface area contributed by atoms with E-state index in [1.54, 1.807) is 11.2 Å². The highest BCUT2D eigenvalue weighted by Gasteiger charge is 2.35. The summed E-state index contributed by atoms with van der Waals surface area (Å²) in [6.07, 6.45) is 4.50. The molecular weight excluding hydrogens is 536 g/mol. The van der Waals surface area contributed by atoms with E-state index in [9.17, 15) is 14.4 Å². The van der Waals surface area contributed by atoms with Crippen LogP contribution in [0.4, 0.5) is 4.79 Å². The zero-order valence-electron chi connectivity index (χ0n) is 24.6. The van der Waals surface area contributed by atoms with Gasteiger partial charge in [-0.25, -0.2) is 14.6 Å². The predicted octanol–water partition coefficient (Wildman–Crippen LogP) is 5.04. The van der Waals surface area contributed by atoms with Crippen molar-refractivity contribution in [3.05, 3.63) is 77.9 Å². The minimum Gasteiger partial charge on any atom is -0.467 e. The monoisotopic (exact) mass is 576 g/mol. The summed E-state index contributed by atoms with van der Waals surface area (Å²) in [6.45, 7) is 7.72. The molecule has 1 aliphatic carbocycles. The SMILES string of the molecule is COC(=O)C(Cc1cn(CCCN(C(=O)OC)C2c3ccccc3-c3ccccc32)cn1)NC(=O)CC[Si](C)(C)C. The number of methoxy groups -OCH3 is 2. The van der Waals surface area contributed by atoms with Crippen LogP contribution >= 0.6 is 0 Å². The molecule has 1 N–H and O–H groups in total. The number of aromatic nitrogens is 2. The van der Waals surface area contributed by atoms with Gasteiger partial charge in [-0.3, -0.25) is 9.69 Å². The van der Waals surface area contributed by atoms with Crippen molar-refractivity contribution in [2.24, 2.45) is 0 Å². The number of esters is 1. The molecule has 1 aromatic heterocycles. The Bertz CT molecular complexity index is 1340. The first-order valence-corrected chi connectivity index (χ1v) is 17.7. The lowest BCUT2D eigenvalue weighted by atomic mass is 10.0. The molecule has 0 bridgehead atoms. The standard InChI is InChI=1S/C31H40N4O5Si/c1-39-30(37)27(33-28(36)15-18-41(3,4)5)19-22-20-34(21-32-22)16-10-17-35(31(38)40-2)29-25-13-8-6-11-23(25)24-12-7-9-14-26(24)29/h6-9,11-14,20-21,27,29H,10,15-19H2,1-5H3,(H,33,36). The minimum atomic E-state index is -1.38. The Morgan fingerprint density at radius 3 is 2.22 bits per heavy atom. The number of rotatable bonds is 12. The van der Waals surface area contributed by atoms with Crippen LogP contribution < -0.4 is 5.32 Å². The summed E-state index contributed by atoms with van der Waals surface area (Å²) in [6, 6.07) is 16.2. The van der Waals surface area contributed by atoms with Crippen molar-refractivity contribution < 1.29 is 23.9 Å². The number of carbonyl (C=O) groups excluding carboxylic acids is 3. The van der Waals surface area contributed by atoms with Crippen LogP contribution in [-0.4, -0.2) is 67.3 Å². The summed E-state index contributed by atoms with van der Waals surface area (Å²) in [5, 5.41) is 2.82. The topological polar surface area (TPSA) is 103 Å². The summed E-state index contributed by atoms with van der Waals surface area (Å²) in [5.41, 5.74) is 5.12. The van der Waals surface area contributed by atoms with Crippen LogP contribution in [-0.2, 0) is 32.0 Å². The van der Waals surface area contributed by atoms with Gasteiger partial charge in [0.05, 0.1) is 32.3 Å². The van der Waals surface area contributed by atoms with Crippen LogP contribution in [0.15, 0.2) is 61.1 Å². The normalized spacial score (nSPS) is 13.2. The fourth-order valence-corrected chi connectivity index (χ4v) is 6.24. The van der Waals surface area contributed by atoms with Gasteiger partial charge in [-0.05, 0) is 34.7 Å². The van der Waals surface area contributed by atoms with Gasteiger partial charge in [0.1, 0.15) is 6.04 Å². The number of nitrogens with one attached hydrogen (secondary N) is 1. The van der Waals surface area contributed by atoms with E-state index in [4.69, 9.17) is 9.47 Å². The third kappa shape index (κ3) is 7.43. The molecule has 0 fully saturated rings. The summed E-state index contributed by atoms with van der Waals surface area (Å²) >= 11 is 0. The number of fused-ring (bicyclic) bond motifs is 3. The van der Waals surface area contributed by atoms with Gasteiger partial charge in [0.15, 0.2) is 0 Å². The summed E-state index contributed by atoms with van der Waals surface area (Å²) in [7, 11) is 1.35. The molecule has 4 rings (SSSR count). The first-order chi connectivity index (χ1) is 19.6. The quantitative estimate of drug-likeness (QED) is 0.239. The Hall–Kier alpha value is -3.92. The van der Waals surface area contributed by atoms with E-state index in [0.29, 0.717) is 31.6 Å². The lowest BCUT2D eigenvalue weighted by Crippen LogP contribution is -2.43. The van der Waals surface area contributed by atoms with Crippen molar-refractivity contribution in [3.8, 4) is 11.1 Å². The molecule has 1 aliphatic rings. The molecule has 0 spiro atoms. The molecule has 0 saturated heterocycles. The fraction of sp³-hybridized carbons (Fsp3) is 0.419. The maximum atomic E-state index is 13.0. The second-order valence-electron chi connectivity index (χ2n) is 11.6. The van der Waals surface area contributed by atoms with Gasteiger partial charge in [0.25, 0.3) is 0 Å². The molecule has 41 heavy (non-hydrogen) atoms. The number of ether oxygens (including phenoxy) is 2. The largest absolute Gasteiger partial charge is 0.467 e. The number of benzene rings is 2. The molecule has 1 unspecified atom stereocenters. The highest BCUT2D eigenvalue weighted by atomic mass is 28.3. The van der Waals surface area contributed by atoms with Gasteiger partial charge >= 0.3 is 12.1 Å². The second kappa shape index (κ2) is 13.2. The van der Waals surface area contributed by atoms with Crippen LogP contribution in [0.1, 0.15) is 35.7 Å². The Labute approximate surface area is 242 Å². The van der Waals surface area contributed by atoms with Crippen LogP contribution in [0.5, 0.6) is 0 Å². The zero-order valence-corrected chi connectivity index (χ0v) is 25.6. The fourth-order valence-electron chi connectivity index (χ4n) is 5.27. The summed E-state index contributed by atoms with van der Waals surface area (Å²) in [4.78, 5) is 44.1. The average molecular weight is 577 g/mol.